The highest BCUT2D eigenvalue weighted by Gasteiger charge is 2.44. The summed E-state index contributed by atoms with van der Waals surface area (Å²) in [6.07, 6.45) is -0.127. The normalized spacial score (nSPS) is 28.0. The summed E-state index contributed by atoms with van der Waals surface area (Å²) in [5.41, 5.74) is 6.78. The predicted molar refractivity (Wildman–Crippen MR) is 78.0 cm³/mol. The first-order chi connectivity index (χ1) is 11.1. The Morgan fingerprint density at radius 1 is 1.13 bits per heavy atom. The number of anilines is 1. The molecule has 5 N–H and O–H groups in total. The summed E-state index contributed by atoms with van der Waals surface area (Å²) in [5, 5.41) is 30.7. The monoisotopic (exact) mass is 318 g/mol. The van der Waals surface area contributed by atoms with Crippen molar-refractivity contribution in [3.8, 4) is 0 Å². The van der Waals surface area contributed by atoms with E-state index in [0.717, 1.165) is 0 Å². The van der Waals surface area contributed by atoms with E-state index < -0.39 is 31.1 Å². The first-order valence-corrected chi connectivity index (χ1v) is 6.96. The Labute approximate surface area is 129 Å². The van der Waals surface area contributed by atoms with E-state index in [2.05, 4.69) is 19.9 Å². The molecule has 23 heavy (non-hydrogen) atoms. The molecule has 1 aliphatic heterocycles. The van der Waals surface area contributed by atoms with Gasteiger partial charge in [-0.2, -0.15) is 0 Å². The van der Waals surface area contributed by atoms with Crippen LogP contribution in [0.4, 0.5) is 5.82 Å². The van der Waals surface area contributed by atoms with Crippen LogP contribution in [0.2, 0.25) is 0 Å². The fourth-order valence-electron chi connectivity index (χ4n) is 2.96. The van der Waals surface area contributed by atoms with E-state index >= 15 is 0 Å². The lowest BCUT2D eigenvalue weighted by atomic mass is 10.1. The van der Waals surface area contributed by atoms with Crippen LogP contribution >= 0.6 is 0 Å². The molecule has 10 heteroatoms. The van der Waals surface area contributed by atoms with Gasteiger partial charge in [-0.05, 0) is 0 Å². The average Bonchev–Trinajstić information content (AvgIpc) is 3.04. The Bertz CT molecular complexity index is 883. The molecule has 1 unspecified atom stereocenters. The molecule has 3 aromatic rings. The summed E-state index contributed by atoms with van der Waals surface area (Å²) in [5.74, 6) is 0.250. The minimum Gasteiger partial charge on any atom is -0.394 e. The van der Waals surface area contributed by atoms with Gasteiger partial charge in [0.15, 0.2) is 6.23 Å². The minimum atomic E-state index is -1.25. The van der Waals surface area contributed by atoms with Crippen molar-refractivity contribution in [3.63, 3.8) is 0 Å². The molecule has 0 spiro atoms. The van der Waals surface area contributed by atoms with Crippen molar-refractivity contribution in [2.24, 2.45) is 0 Å². The first kappa shape index (κ1) is 14.2. The lowest BCUT2D eigenvalue weighted by Gasteiger charge is -2.17. The molecule has 3 aromatic heterocycles. The van der Waals surface area contributed by atoms with Gasteiger partial charge in [-0.15, -0.1) is 0 Å². The molecule has 1 fully saturated rings. The number of aliphatic hydroxyl groups excluding tert-OH is 3. The third-order valence-corrected chi connectivity index (χ3v) is 4.05. The van der Waals surface area contributed by atoms with Crippen molar-refractivity contribution in [1.82, 2.24) is 24.5 Å². The van der Waals surface area contributed by atoms with Crippen LogP contribution in [0.5, 0.6) is 0 Å². The van der Waals surface area contributed by atoms with Crippen molar-refractivity contribution in [2.45, 2.75) is 24.5 Å². The van der Waals surface area contributed by atoms with Crippen LogP contribution in [0.3, 0.4) is 0 Å². The molecule has 0 aliphatic carbocycles. The van der Waals surface area contributed by atoms with E-state index in [1.54, 1.807) is 6.20 Å². The maximum absolute atomic E-state index is 10.3. The van der Waals surface area contributed by atoms with Crippen molar-refractivity contribution >= 4 is 27.9 Å². The summed E-state index contributed by atoms with van der Waals surface area (Å²) >= 11 is 0. The number of aromatic nitrogens is 5. The zero-order chi connectivity index (χ0) is 16.1. The molecule has 0 amide bonds. The van der Waals surface area contributed by atoms with Crippen molar-refractivity contribution in [2.75, 3.05) is 12.3 Å². The molecule has 0 aromatic carbocycles. The number of aliphatic hydroxyl groups is 3. The van der Waals surface area contributed by atoms with Crippen LogP contribution in [-0.2, 0) is 4.74 Å². The molecular formula is C13H14N6O4. The molecule has 1 saturated heterocycles. The van der Waals surface area contributed by atoms with Crippen LogP contribution < -0.4 is 5.73 Å². The summed E-state index contributed by atoms with van der Waals surface area (Å²) in [4.78, 5) is 16.4. The van der Waals surface area contributed by atoms with Crippen molar-refractivity contribution in [3.05, 3.63) is 18.9 Å². The van der Waals surface area contributed by atoms with E-state index in [0.29, 0.717) is 22.1 Å². The van der Waals surface area contributed by atoms with Gasteiger partial charge >= 0.3 is 0 Å². The van der Waals surface area contributed by atoms with Crippen molar-refractivity contribution < 1.29 is 20.1 Å². The SMILES string of the molecule is Nc1ncnc2c1c1cncnc1n2C1O[C@H](CO)[C@@H](O)[C@H]1O. The van der Waals surface area contributed by atoms with Gasteiger partial charge in [0, 0.05) is 6.20 Å². The second-order valence-corrected chi connectivity index (χ2v) is 5.32. The van der Waals surface area contributed by atoms with Crippen LogP contribution in [0.1, 0.15) is 6.23 Å². The summed E-state index contributed by atoms with van der Waals surface area (Å²) < 4.78 is 7.12. The molecule has 10 nitrogen and oxygen atoms in total. The van der Waals surface area contributed by atoms with Gasteiger partial charge in [0.1, 0.15) is 48.1 Å². The van der Waals surface area contributed by atoms with E-state index in [-0.39, 0.29) is 5.82 Å². The van der Waals surface area contributed by atoms with Crippen LogP contribution in [0.15, 0.2) is 18.9 Å². The highest BCUT2D eigenvalue weighted by Crippen LogP contribution is 2.37. The fourth-order valence-corrected chi connectivity index (χ4v) is 2.96. The highest BCUT2D eigenvalue weighted by molar-refractivity contribution is 6.09. The highest BCUT2D eigenvalue weighted by atomic mass is 16.6. The number of nitrogens with zero attached hydrogens (tertiary/aromatic N) is 5. The summed E-state index contributed by atoms with van der Waals surface area (Å²) in [7, 11) is 0. The third kappa shape index (κ3) is 1.90. The Hall–Kier alpha value is -2.40. The van der Waals surface area contributed by atoms with Gasteiger partial charge in [-0.3, -0.25) is 4.57 Å². The molecule has 4 rings (SSSR count). The molecule has 1 aliphatic rings. The number of ether oxygens (including phenoxy) is 1. The zero-order valence-corrected chi connectivity index (χ0v) is 11.8. The summed E-state index contributed by atoms with van der Waals surface area (Å²) in [6.45, 7) is -0.419. The molecule has 120 valence electrons. The van der Waals surface area contributed by atoms with Gasteiger partial charge in [-0.1, -0.05) is 0 Å². The molecule has 0 saturated carbocycles. The zero-order valence-electron chi connectivity index (χ0n) is 11.8. The Balaban J connectivity index is 2.01. The summed E-state index contributed by atoms with van der Waals surface area (Å²) in [6, 6.07) is 0. The van der Waals surface area contributed by atoms with Gasteiger partial charge < -0.3 is 25.8 Å². The lowest BCUT2D eigenvalue weighted by Crippen LogP contribution is -2.33. The number of hydrogen-bond donors (Lipinski definition) is 4. The fraction of sp³-hybridized carbons (Fsp3) is 0.385. The average molecular weight is 318 g/mol. The Morgan fingerprint density at radius 2 is 1.91 bits per heavy atom. The standard InChI is InChI=1S/C13H14N6O4/c14-10-7-5-1-15-3-17-11(5)19(12(7)18-4-16-10)13-9(22)8(21)6(2-20)23-13/h1,3-4,6,8-9,13,20-22H,2H2,(H2,14,16,18)/t6-,8-,9-,13?/m1/s1. The van der Waals surface area contributed by atoms with Crippen LogP contribution in [0.25, 0.3) is 22.1 Å². The van der Waals surface area contributed by atoms with Crippen LogP contribution in [-0.4, -0.2) is 64.7 Å². The Morgan fingerprint density at radius 3 is 2.65 bits per heavy atom. The minimum absolute atomic E-state index is 0.250. The smallest absolute Gasteiger partial charge is 0.166 e. The second kappa shape index (κ2) is 5.06. The van der Waals surface area contributed by atoms with Crippen LogP contribution in [0, 0.1) is 0 Å². The molecule has 0 radical (unpaired) electrons. The number of nitrogen functional groups attached to an aromatic ring is 1. The topological polar surface area (TPSA) is 152 Å². The molecule has 4 atom stereocenters. The molecular weight excluding hydrogens is 304 g/mol. The molecule has 0 bridgehead atoms. The lowest BCUT2D eigenvalue weighted by molar-refractivity contribution is -0.0492. The first-order valence-electron chi connectivity index (χ1n) is 6.96. The third-order valence-electron chi connectivity index (χ3n) is 4.05. The van der Waals surface area contributed by atoms with Crippen molar-refractivity contribution in [1.29, 1.82) is 0 Å². The van der Waals surface area contributed by atoms with Gasteiger partial charge in [0.05, 0.1) is 17.4 Å². The maximum Gasteiger partial charge on any atom is 0.166 e. The van der Waals surface area contributed by atoms with E-state index in [9.17, 15) is 15.3 Å². The van der Waals surface area contributed by atoms with E-state index in [4.69, 9.17) is 10.5 Å². The number of fused-ring (bicyclic) bond motifs is 3. The molecule has 4 heterocycles. The van der Waals surface area contributed by atoms with Gasteiger partial charge in [0.2, 0.25) is 0 Å². The quantitative estimate of drug-likeness (QED) is 0.445. The van der Waals surface area contributed by atoms with E-state index in [1.807, 2.05) is 0 Å². The Kier molecular flexibility index (Phi) is 3.13. The number of hydrogen-bond acceptors (Lipinski definition) is 9. The maximum atomic E-state index is 10.3. The van der Waals surface area contributed by atoms with Gasteiger partial charge in [-0.25, -0.2) is 19.9 Å². The second-order valence-electron chi connectivity index (χ2n) is 5.32. The number of nitrogens with two attached hydrogens (primary N) is 1. The number of rotatable bonds is 2. The largest absolute Gasteiger partial charge is 0.394 e. The van der Waals surface area contributed by atoms with Gasteiger partial charge in [0.25, 0.3) is 0 Å². The predicted octanol–water partition coefficient (Wildman–Crippen LogP) is -1.43. The van der Waals surface area contributed by atoms with E-state index in [1.165, 1.54) is 17.2 Å².